The zero-order valence-corrected chi connectivity index (χ0v) is 18.1. The topological polar surface area (TPSA) is 56.5 Å². The summed E-state index contributed by atoms with van der Waals surface area (Å²) < 4.78 is 9.81. The zero-order valence-electron chi connectivity index (χ0n) is 18.1. The molecule has 3 N–H and O–H groups in total. The van der Waals surface area contributed by atoms with Crippen LogP contribution in [0, 0.1) is 0 Å². The fourth-order valence-electron chi connectivity index (χ4n) is 2.72. The lowest BCUT2D eigenvalue weighted by Gasteiger charge is -2.06. The molecule has 156 valence electrons. The first-order valence-electron chi connectivity index (χ1n) is 9.67. The molecule has 0 bridgehead atoms. The predicted molar refractivity (Wildman–Crippen MR) is 131 cm³/mol. The second-order valence-electron chi connectivity index (χ2n) is 6.61. The van der Waals surface area contributed by atoms with E-state index in [4.69, 9.17) is 10.5 Å². The summed E-state index contributed by atoms with van der Waals surface area (Å²) >= 11 is 0. The maximum absolute atomic E-state index is 5.73. The fourth-order valence-corrected chi connectivity index (χ4v) is 2.72. The second kappa shape index (κ2) is 12.1. The number of ether oxygens (including phenoxy) is 2. The molecule has 0 aliphatic heterocycles. The molecule has 0 amide bonds. The van der Waals surface area contributed by atoms with Crippen LogP contribution in [0.3, 0.4) is 0 Å². The number of hydrogen-bond acceptors (Lipinski definition) is 4. The molecular formula is C26H30N2O2. The summed E-state index contributed by atoms with van der Waals surface area (Å²) in [5.74, 6) is 0.842. The van der Waals surface area contributed by atoms with Crippen molar-refractivity contribution in [1.29, 1.82) is 0 Å². The lowest BCUT2D eigenvalue weighted by atomic mass is 10.1. The molecule has 0 saturated carbocycles. The minimum Gasteiger partial charge on any atom is -0.496 e. The number of nitrogen functional groups attached to an aromatic ring is 1. The van der Waals surface area contributed by atoms with Gasteiger partial charge < -0.3 is 20.5 Å². The first-order valence-corrected chi connectivity index (χ1v) is 9.67. The molecule has 0 aliphatic carbocycles. The van der Waals surface area contributed by atoms with Gasteiger partial charge >= 0.3 is 0 Å². The van der Waals surface area contributed by atoms with Gasteiger partial charge in [0.25, 0.3) is 0 Å². The summed E-state index contributed by atoms with van der Waals surface area (Å²) in [6.07, 6.45) is 8.28. The molecule has 4 nitrogen and oxygen atoms in total. The third-order valence-corrected chi connectivity index (χ3v) is 4.32. The van der Waals surface area contributed by atoms with E-state index in [0.29, 0.717) is 0 Å². The first-order chi connectivity index (χ1) is 14.6. The van der Waals surface area contributed by atoms with Gasteiger partial charge in [-0.05, 0) is 47.0 Å². The van der Waals surface area contributed by atoms with Crippen molar-refractivity contribution in [3.8, 4) is 5.75 Å². The van der Waals surface area contributed by atoms with Crippen LogP contribution in [0.4, 0.5) is 11.4 Å². The number of anilines is 2. The Hall–Kier alpha value is -3.50. The predicted octanol–water partition coefficient (Wildman–Crippen LogP) is 5.92. The van der Waals surface area contributed by atoms with Crippen LogP contribution in [-0.2, 0) is 4.74 Å². The Bertz CT molecular complexity index is 959. The molecule has 0 fully saturated rings. The summed E-state index contributed by atoms with van der Waals surface area (Å²) in [5, 5.41) is 3.12. The Morgan fingerprint density at radius 3 is 1.77 bits per heavy atom. The molecule has 0 radical (unpaired) electrons. The van der Waals surface area contributed by atoms with Crippen LogP contribution >= 0.6 is 0 Å². The van der Waals surface area contributed by atoms with Gasteiger partial charge in [-0.25, -0.2) is 0 Å². The minimum absolute atomic E-state index is 0.765. The highest BCUT2D eigenvalue weighted by molar-refractivity contribution is 5.76. The average molecular weight is 403 g/mol. The smallest absolute Gasteiger partial charge is 0.126 e. The van der Waals surface area contributed by atoms with E-state index in [1.165, 1.54) is 0 Å². The maximum Gasteiger partial charge on any atom is 0.126 e. The van der Waals surface area contributed by atoms with Gasteiger partial charge in [-0.1, -0.05) is 60.7 Å². The van der Waals surface area contributed by atoms with Crippen molar-refractivity contribution in [3.05, 3.63) is 89.0 Å². The van der Waals surface area contributed by atoms with E-state index in [1.54, 1.807) is 21.3 Å². The molecule has 3 aromatic rings. The monoisotopic (exact) mass is 402 g/mol. The summed E-state index contributed by atoms with van der Waals surface area (Å²) in [4.78, 5) is 0. The number of methoxy groups -OCH3 is 2. The van der Waals surface area contributed by atoms with E-state index < -0.39 is 0 Å². The normalized spacial score (nSPS) is 10.7. The lowest BCUT2D eigenvalue weighted by molar-refractivity contribution is 0.277. The van der Waals surface area contributed by atoms with Gasteiger partial charge in [0.1, 0.15) is 5.75 Å². The van der Waals surface area contributed by atoms with Gasteiger partial charge in [0, 0.05) is 38.2 Å². The SMILES string of the molecule is CNc1ccc(/C=C/c2ccc(/C=C/c3ccc(N)cc3)c(OC)c2)cc1.COC. The van der Waals surface area contributed by atoms with E-state index in [9.17, 15) is 0 Å². The third kappa shape index (κ3) is 7.15. The molecule has 0 saturated heterocycles. The largest absolute Gasteiger partial charge is 0.496 e. The zero-order chi connectivity index (χ0) is 21.8. The van der Waals surface area contributed by atoms with Gasteiger partial charge in [-0.15, -0.1) is 0 Å². The molecular weight excluding hydrogens is 372 g/mol. The standard InChI is InChI=1S/C24H24N2O.C2H6O/c1-26-23-15-9-18(10-16-23)3-4-20-6-12-21(24(17-20)27-2)11-5-19-7-13-22(25)14-8-19;1-3-2/h3-17,26H,25H2,1-2H3;1-2H3/b4-3+,11-5+;. The van der Waals surface area contributed by atoms with Gasteiger partial charge in [-0.3, -0.25) is 0 Å². The highest BCUT2D eigenvalue weighted by atomic mass is 16.5. The van der Waals surface area contributed by atoms with Crippen LogP contribution in [-0.4, -0.2) is 28.4 Å². The van der Waals surface area contributed by atoms with Crippen molar-refractivity contribution in [1.82, 2.24) is 0 Å². The molecule has 30 heavy (non-hydrogen) atoms. The van der Waals surface area contributed by atoms with Crippen LogP contribution < -0.4 is 15.8 Å². The van der Waals surface area contributed by atoms with Crippen molar-refractivity contribution in [2.75, 3.05) is 39.4 Å². The Morgan fingerprint density at radius 1 is 0.700 bits per heavy atom. The summed E-state index contributed by atoms with van der Waals surface area (Å²) in [6.45, 7) is 0. The third-order valence-electron chi connectivity index (χ3n) is 4.32. The second-order valence-corrected chi connectivity index (χ2v) is 6.61. The van der Waals surface area contributed by atoms with E-state index in [1.807, 2.05) is 43.5 Å². The number of nitrogens with one attached hydrogen (secondary N) is 1. The Morgan fingerprint density at radius 2 is 1.20 bits per heavy atom. The van der Waals surface area contributed by atoms with Crippen LogP contribution in [0.5, 0.6) is 5.75 Å². The molecule has 4 heteroatoms. The van der Waals surface area contributed by atoms with Crippen molar-refractivity contribution >= 4 is 35.7 Å². The van der Waals surface area contributed by atoms with E-state index in [-0.39, 0.29) is 0 Å². The van der Waals surface area contributed by atoms with Gasteiger partial charge in [0.2, 0.25) is 0 Å². The molecule has 0 heterocycles. The van der Waals surface area contributed by atoms with Crippen molar-refractivity contribution < 1.29 is 9.47 Å². The number of hydrogen-bond donors (Lipinski definition) is 2. The van der Waals surface area contributed by atoms with Crippen molar-refractivity contribution in [2.45, 2.75) is 0 Å². The molecule has 0 aliphatic rings. The molecule has 0 aromatic heterocycles. The lowest BCUT2D eigenvalue weighted by Crippen LogP contribution is -1.88. The first kappa shape index (κ1) is 22.8. The fraction of sp³-hybridized carbons (Fsp3) is 0.154. The Kier molecular flexibility index (Phi) is 9.22. The van der Waals surface area contributed by atoms with E-state index in [0.717, 1.165) is 39.4 Å². The number of benzene rings is 3. The van der Waals surface area contributed by atoms with Crippen LogP contribution in [0.25, 0.3) is 24.3 Å². The molecule has 3 rings (SSSR count). The molecule has 3 aromatic carbocycles. The minimum atomic E-state index is 0.765. The van der Waals surface area contributed by atoms with Gasteiger partial charge in [-0.2, -0.15) is 0 Å². The highest BCUT2D eigenvalue weighted by Crippen LogP contribution is 2.24. The molecule has 0 atom stereocenters. The van der Waals surface area contributed by atoms with E-state index in [2.05, 4.69) is 64.7 Å². The molecule has 0 spiro atoms. The molecule has 0 unspecified atom stereocenters. The van der Waals surface area contributed by atoms with E-state index >= 15 is 0 Å². The number of rotatable bonds is 6. The Balaban J connectivity index is 0.00000101. The highest BCUT2D eigenvalue weighted by Gasteiger charge is 2.01. The summed E-state index contributed by atoms with van der Waals surface area (Å²) in [7, 11) is 6.86. The van der Waals surface area contributed by atoms with Crippen molar-refractivity contribution in [3.63, 3.8) is 0 Å². The quantitative estimate of drug-likeness (QED) is 0.397. The van der Waals surface area contributed by atoms with Crippen molar-refractivity contribution in [2.24, 2.45) is 0 Å². The maximum atomic E-state index is 5.73. The van der Waals surface area contributed by atoms with Crippen LogP contribution in [0.2, 0.25) is 0 Å². The number of nitrogens with two attached hydrogens (primary N) is 1. The summed E-state index contributed by atoms with van der Waals surface area (Å²) in [5.41, 5.74) is 12.0. The summed E-state index contributed by atoms with van der Waals surface area (Å²) in [6, 6.07) is 22.3. The van der Waals surface area contributed by atoms with Gasteiger partial charge in [0.15, 0.2) is 0 Å². The van der Waals surface area contributed by atoms with Crippen LogP contribution in [0.1, 0.15) is 22.3 Å². The Labute approximate surface area is 179 Å². The van der Waals surface area contributed by atoms with Gasteiger partial charge in [0.05, 0.1) is 7.11 Å². The van der Waals surface area contributed by atoms with Crippen LogP contribution in [0.15, 0.2) is 66.7 Å². The average Bonchev–Trinajstić information content (AvgIpc) is 2.78.